The predicted octanol–water partition coefficient (Wildman–Crippen LogP) is 7.06. The summed E-state index contributed by atoms with van der Waals surface area (Å²) in [5.74, 6) is 2.23. The second-order valence-electron chi connectivity index (χ2n) is 8.24. The smallest absolute Gasteiger partial charge is 0.125 e. The lowest BCUT2D eigenvalue weighted by molar-refractivity contribution is 0.211. The molecular weight excluding hydrogens is 398 g/mol. The van der Waals surface area contributed by atoms with Gasteiger partial charge in [0.2, 0.25) is 0 Å². The number of hydrogen-bond acceptors (Lipinski definition) is 4. The van der Waals surface area contributed by atoms with E-state index in [9.17, 15) is 0 Å². The largest absolute Gasteiger partial charge is 0.493 e. The number of nitrogens with zero attached hydrogens (tertiary/aromatic N) is 1. The quantitative estimate of drug-likeness (QED) is 0.146. The normalized spacial score (nSPS) is 12.8. The first-order chi connectivity index (χ1) is 15.5. The van der Waals surface area contributed by atoms with Crippen LogP contribution in [0.2, 0.25) is 0 Å². The predicted molar refractivity (Wildman–Crippen MR) is 134 cm³/mol. The third-order valence-corrected chi connectivity index (χ3v) is 5.61. The van der Waals surface area contributed by atoms with Crippen LogP contribution in [0.3, 0.4) is 0 Å². The molecule has 0 bridgehead atoms. The van der Waals surface area contributed by atoms with Crippen LogP contribution in [0.15, 0.2) is 53.7 Å². The summed E-state index contributed by atoms with van der Waals surface area (Å²) in [4.78, 5) is 5.09. The first kappa shape index (κ1) is 25.5. The fourth-order valence-corrected chi connectivity index (χ4v) is 3.67. The topological polar surface area (TPSA) is 40.0 Å². The molecule has 0 heterocycles. The summed E-state index contributed by atoms with van der Waals surface area (Å²) in [5.41, 5.74) is 5.72. The zero-order valence-electron chi connectivity index (χ0n) is 20.6. The minimum Gasteiger partial charge on any atom is -0.493 e. The summed E-state index contributed by atoms with van der Waals surface area (Å²) in [5, 5.41) is 4.28. The summed E-state index contributed by atoms with van der Waals surface area (Å²) in [6.07, 6.45) is 8.13. The van der Waals surface area contributed by atoms with Crippen molar-refractivity contribution in [3.8, 4) is 11.5 Å². The first-order valence-corrected chi connectivity index (χ1v) is 11.7. The van der Waals surface area contributed by atoms with Crippen molar-refractivity contribution in [2.75, 3.05) is 20.3 Å². The van der Waals surface area contributed by atoms with Gasteiger partial charge in [-0.05, 0) is 86.9 Å². The molecule has 0 spiro atoms. The van der Waals surface area contributed by atoms with E-state index in [0.29, 0.717) is 19.1 Å². The van der Waals surface area contributed by atoms with Crippen molar-refractivity contribution in [3.63, 3.8) is 0 Å². The van der Waals surface area contributed by atoms with Crippen molar-refractivity contribution < 1.29 is 14.3 Å². The van der Waals surface area contributed by atoms with Crippen LogP contribution in [0.5, 0.6) is 11.5 Å². The van der Waals surface area contributed by atoms with Crippen molar-refractivity contribution in [1.82, 2.24) is 0 Å². The molecule has 0 radical (unpaired) electrons. The van der Waals surface area contributed by atoms with Gasteiger partial charge < -0.3 is 14.3 Å². The second-order valence-corrected chi connectivity index (χ2v) is 8.24. The van der Waals surface area contributed by atoms with Gasteiger partial charge in [-0.25, -0.2) is 0 Å². The molecule has 1 unspecified atom stereocenters. The molecule has 4 heteroatoms. The molecule has 0 saturated heterocycles. The van der Waals surface area contributed by atoms with Crippen LogP contribution < -0.4 is 9.47 Å². The van der Waals surface area contributed by atoms with Crippen LogP contribution in [0, 0.1) is 19.8 Å². The molecule has 0 aromatic heterocycles. The lowest BCUT2D eigenvalue weighted by atomic mass is 9.94. The number of benzene rings is 2. The highest BCUT2D eigenvalue weighted by molar-refractivity contribution is 6.01. The molecule has 32 heavy (non-hydrogen) atoms. The molecule has 1 atom stereocenters. The van der Waals surface area contributed by atoms with Crippen molar-refractivity contribution in [1.29, 1.82) is 0 Å². The van der Waals surface area contributed by atoms with Gasteiger partial charge in [-0.3, -0.25) is 0 Å². The standard InChI is InChI=1S/C28H39NO3/c1-7-9-16-31-26-18-22(4)28(23(5)19-26)32-17-11-10-13-24-14-12-15-25(20-24)27(29-30-6)21(3)8-2/h7,9,12,14-15,18-21H,8,10-11,13,16-17H2,1-6H3/b9-7+,29-27?. The Labute approximate surface area is 194 Å². The lowest BCUT2D eigenvalue weighted by Crippen LogP contribution is -2.12. The summed E-state index contributed by atoms with van der Waals surface area (Å²) in [6.45, 7) is 11.8. The third-order valence-electron chi connectivity index (χ3n) is 5.61. The Hall–Kier alpha value is -2.75. The minimum atomic E-state index is 0.366. The van der Waals surface area contributed by atoms with E-state index in [4.69, 9.17) is 14.3 Å². The van der Waals surface area contributed by atoms with E-state index in [2.05, 4.69) is 57.1 Å². The Morgan fingerprint density at radius 3 is 2.47 bits per heavy atom. The van der Waals surface area contributed by atoms with Crippen LogP contribution >= 0.6 is 0 Å². The van der Waals surface area contributed by atoms with E-state index in [1.165, 1.54) is 5.56 Å². The first-order valence-electron chi connectivity index (χ1n) is 11.7. The summed E-state index contributed by atoms with van der Waals surface area (Å²) < 4.78 is 11.9. The van der Waals surface area contributed by atoms with Crippen LogP contribution in [0.1, 0.15) is 62.3 Å². The second kappa shape index (κ2) is 13.6. The average molecular weight is 438 g/mol. The van der Waals surface area contributed by atoms with Gasteiger partial charge in [0.25, 0.3) is 0 Å². The van der Waals surface area contributed by atoms with Crippen LogP contribution in [-0.4, -0.2) is 26.0 Å². The summed E-state index contributed by atoms with van der Waals surface area (Å²) in [7, 11) is 1.61. The molecule has 2 aromatic carbocycles. The molecule has 4 nitrogen and oxygen atoms in total. The molecule has 174 valence electrons. The van der Waals surface area contributed by atoms with E-state index in [1.54, 1.807) is 7.11 Å². The maximum atomic E-state index is 6.12. The number of ether oxygens (including phenoxy) is 2. The molecular formula is C28H39NO3. The molecule has 0 fully saturated rings. The Morgan fingerprint density at radius 1 is 1.06 bits per heavy atom. The molecule has 0 aliphatic heterocycles. The fraction of sp³-hybridized carbons (Fsp3) is 0.464. The molecule has 2 aromatic rings. The summed E-state index contributed by atoms with van der Waals surface area (Å²) >= 11 is 0. The maximum absolute atomic E-state index is 6.12. The fourth-order valence-electron chi connectivity index (χ4n) is 3.67. The Balaban J connectivity index is 1.87. The van der Waals surface area contributed by atoms with E-state index in [1.807, 2.05) is 31.2 Å². The average Bonchev–Trinajstić information content (AvgIpc) is 2.78. The third kappa shape index (κ3) is 7.74. The van der Waals surface area contributed by atoms with Crippen molar-refractivity contribution in [3.05, 3.63) is 70.8 Å². The van der Waals surface area contributed by atoms with Crippen molar-refractivity contribution >= 4 is 5.71 Å². The van der Waals surface area contributed by atoms with Gasteiger partial charge in [0.15, 0.2) is 0 Å². The van der Waals surface area contributed by atoms with Gasteiger partial charge in [0.05, 0.1) is 12.3 Å². The number of hydrogen-bond donors (Lipinski definition) is 0. The SMILES string of the molecule is C/C=C/COc1cc(C)c(OCCCCc2cccc(C(=NOC)C(C)CC)c2)c(C)c1. The van der Waals surface area contributed by atoms with Crippen molar-refractivity contribution in [2.45, 2.75) is 60.3 Å². The zero-order chi connectivity index (χ0) is 23.3. The van der Waals surface area contributed by atoms with E-state index in [-0.39, 0.29) is 0 Å². The zero-order valence-corrected chi connectivity index (χ0v) is 20.6. The Bertz CT molecular complexity index is 878. The monoisotopic (exact) mass is 437 g/mol. The number of rotatable bonds is 13. The molecule has 0 aliphatic carbocycles. The van der Waals surface area contributed by atoms with Gasteiger partial charge in [-0.15, -0.1) is 0 Å². The molecule has 2 rings (SSSR count). The number of oxime groups is 1. The Morgan fingerprint density at radius 2 is 1.81 bits per heavy atom. The number of unbranched alkanes of at least 4 members (excludes halogenated alkanes) is 1. The molecule has 0 N–H and O–H groups in total. The van der Waals surface area contributed by atoms with Gasteiger partial charge >= 0.3 is 0 Å². The van der Waals surface area contributed by atoms with Gasteiger partial charge in [-0.1, -0.05) is 49.4 Å². The van der Waals surface area contributed by atoms with E-state index < -0.39 is 0 Å². The highest BCUT2D eigenvalue weighted by Gasteiger charge is 2.13. The van der Waals surface area contributed by atoms with Gasteiger partial charge in [0, 0.05) is 5.92 Å². The molecule has 0 saturated carbocycles. The highest BCUT2D eigenvalue weighted by Crippen LogP contribution is 2.28. The van der Waals surface area contributed by atoms with Crippen LogP contribution in [-0.2, 0) is 11.3 Å². The number of aryl methyl sites for hydroxylation is 3. The van der Waals surface area contributed by atoms with E-state index >= 15 is 0 Å². The lowest BCUT2D eigenvalue weighted by Gasteiger charge is -2.15. The highest BCUT2D eigenvalue weighted by atomic mass is 16.6. The van der Waals surface area contributed by atoms with Crippen LogP contribution in [0.4, 0.5) is 0 Å². The minimum absolute atomic E-state index is 0.366. The van der Waals surface area contributed by atoms with Gasteiger partial charge in [-0.2, -0.15) is 0 Å². The molecule has 0 amide bonds. The van der Waals surface area contributed by atoms with E-state index in [0.717, 1.165) is 59.6 Å². The van der Waals surface area contributed by atoms with Crippen molar-refractivity contribution in [2.24, 2.45) is 11.1 Å². The Kier molecular flexibility index (Phi) is 10.9. The summed E-state index contributed by atoms with van der Waals surface area (Å²) in [6, 6.07) is 12.8. The maximum Gasteiger partial charge on any atom is 0.125 e. The molecule has 0 aliphatic rings. The van der Waals surface area contributed by atoms with Gasteiger partial charge in [0.1, 0.15) is 25.2 Å². The van der Waals surface area contributed by atoms with Crippen LogP contribution in [0.25, 0.3) is 0 Å². The number of allylic oxidation sites excluding steroid dienone is 1.